The molecule has 1 saturated carbocycles. The van der Waals surface area contributed by atoms with Crippen LogP contribution in [-0.2, 0) is 4.79 Å². The lowest BCUT2D eigenvalue weighted by molar-refractivity contribution is -0.132. The number of rotatable bonds is 3. The Kier molecular flexibility index (Phi) is 4.43. The van der Waals surface area contributed by atoms with Crippen molar-refractivity contribution in [1.82, 2.24) is 5.32 Å². The van der Waals surface area contributed by atoms with Gasteiger partial charge in [0.05, 0.1) is 0 Å². The van der Waals surface area contributed by atoms with Gasteiger partial charge in [-0.2, -0.15) is 0 Å². The van der Waals surface area contributed by atoms with Crippen LogP contribution in [0.5, 0.6) is 0 Å². The second-order valence-electron chi connectivity index (χ2n) is 4.41. The smallest absolute Gasteiger partial charge is 0.226 e. The molecular weight excluding hydrogens is 174 g/mol. The van der Waals surface area contributed by atoms with Gasteiger partial charge in [-0.15, -0.1) is 0 Å². The molecule has 1 aliphatic rings. The summed E-state index contributed by atoms with van der Waals surface area (Å²) < 4.78 is 0. The third-order valence-electron chi connectivity index (χ3n) is 3.56. The Morgan fingerprint density at radius 3 is 2.14 bits per heavy atom. The predicted octanol–water partition coefficient (Wildman–Crippen LogP) is 2.87. The van der Waals surface area contributed by atoms with E-state index in [0.29, 0.717) is 5.91 Å². The number of hydrogen-bond acceptors (Lipinski definition) is 1. The summed E-state index contributed by atoms with van der Waals surface area (Å²) in [5.74, 6) is 0.296. The molecule has 0 saturated heterocycles. The fourth-order valence-corrected chi connectivity index (χ4v) is 2.49. The summed E-state index contributed by atoms with van der Waals surface area (Å²) >= 11 is 0. The number of amides is 1. The highest BCUT2D eigenvalue weighted by molar-refractivity contribution is 5.82. The molecule has 0 atom stereocenters. The quantitative estimate of drug-likeness (QED) is 0.692. The van der Waals surface area contributed by atoms with Crippen LogP contribution in [0.1, 0.15) is 58.8 Å². The van der Waals surface area contributed by atoms with Gasteiger partial charge < -0.3 is 5.32 Å². The van der Waals surface area contributed by atoms with E-state index in [2.05, 4.69) is 12.2 Å². The fraction of sp³-hybridized carbons (Fsp3) is 0.917. The van der Waals surface area contributed by atoms with Crippen LogP contribution in [0.4, 0.5) is 0 Å². The standard InChI is InChI=1S/C12H23NO/c1-3-12(11(14)13-4-2)9-7-5-6-8-10-12/h3-10H2,1-2H3,(H,13,14). The maximum atomic E-state index is 12.0. The van der Waals surface area contributed by atoms with E-state index < -0.39 is 0 Å². The molecule has 0 aromatic carbocycles. The summed E-state index contributed by atoms with van der Waals surface area (Å²) in [4.78, 5) is 12.0. The SMILES string of the molecule is CCNC(=O)C1(CC)CCCCCC1. The van der Waals surface area contributed by atoms with Gasteiger partial charge in [0.25, 0.3) is 0 Å². The van der Waals surface area contributed by atoms with Crippen LogP contribution in [-0.4, -0.2) is 12.5 Å². The van der Waals surface area contributed by atoms with Crippen LogP contribution in [0.2, 0.25) is 0 Å². The summed E-state index contributed by atoms with van der Waals surface area (Å²) in [5, 5.41) is 3.00. The van der Waals surface area contributed by atoms with E-state index in [4.69, 9.17) is 0 Å². The molecule has 1 N–H and O–H groups in total. The van der Waals surface area contributed by atoms with Crippen molar-refractivity contribution in [2.45, 2.75) is 58.8 Å². The Morgan fingerprint density at radius 2 is 1.71 bits per heavy atom. The zero-order chi connectivity index (χ0) is 10.4. The summed E-state index contributed by atoms with van der Waals surface area (Å²) in [6.45, 7) is 4.92. The Morgan fingerprint density at radius 1 is 1.14 bits per heavy atom. The molecule has 0 radical (unpaired) electrons. The highest BCUT2D eigenvalue weighted by Crippen LogP contribution is 2.38. The summed E-state index contributed by atoms with van der Waals surface area (Å²) in [7, 11) is 0. The zero-order valence-electron chi connectivity index (χ0n) is 9.57. The fourth-order valence-electron chi connectivity index (χ4n) is 2.49. The molecule has 0 aromatic rings. The molecule has 2 nitrogen and oxygen atoms in total. The second kappa shape index (κ2) is 5.38. The molecule has 0 heterocycles. The number of carbonyl (C=O) groups excluding carboxylic acids is 1. The van der Waals surface area contributed by atoms with Crippen LogP contribution in [0.3, 0.4) is 0 Å². The van der Waals surface area contributed by atoms with Gasteiger partial charge in [0.1, 0.15) is 0 Å². The maximum absolute atomic E-state index is 12.0. The third-order valence-corrected chi connectivity index (χ3v) is 3.56. The van der Waals surface area contributed by atoms with E-state index >= 15 is 0 Å². The molecule has 0 aromatic heterocycles. The van der Waals surface area contributed by atoms with E-state index in [1.54, 1.807) is 0 Å². The Balaban J connectivity index is 2.66. The van der Waals surface area contributed by atoms with E-state index in [1.807, 2.05) is 6.92 Å². The van der Waals surface area contributed by atoms with Crippen molar-refractivity contribution >= 4 is 5.91 Å². The van der Waals surface area contributed by atoms with Crippen LogP contribution >= 0.6 is 0 Å². The molecule has 0 aliphatic heterocycles. The molecule has 0 spiro atoms. The third kappa shape index (κ3) is 2.49. The Bertz CT molecular complexity index is 181. The van der Waals surface area contributed by atoms with Crippen LogP contribution in [0.25, 0.3) is 0 Å². The molecule has 1 rings (SSSR count). The minimum Gasteiger partial charge on any atom is -0.356 e. The number of nitrogens with one attached hydrogen (secondary N) is 1. The molecule has 1 amide bonds. The summed E-state index contributed by atoms with van der Waals surface area (Å²) in [5.41, 5.74) is -0.0352. The molecule has 82 valence electrons. The van der Waals surface area contributed by atoms with Gasteiger partial charge in [-0.1, -0.05) is 32.6 Å². The first kappa shape index (κ1) is 11.5. The second-order valence-corrected chi connectivity index (χ2v) is 4.41. The van der Waals surface area contributed by atoms with Crippen LogP contribution < -0.4 is 5.32 Å². The zero-order valence-corrected chi connectivity index (χ0v) is 9.57. The summed E-state index contributed by atoms with van der Waals surface area (Å²) in [6, 6.07) is 0. The van der Waals surface area contributed by atoms with E-state index in [0.717, 1.165) is 25.8 Å². The molecule has 0 unspecified atom stereocenters. The largest absolute Gasteiger partial charge is 0.356 e. The molecule has 1 fully saturated rings. The minimum atomic E-state index is -0.0352. The molecule has 2 heteroatoms. The lowest BCUT2D eigenvalue weighted by atomic mass is 9.77. The van der Waals surface area contributed by atoms with E-state index in [-0.39, 0.29) is 5.41 Å². The van der Waals surface area contributed by atoms with Gasteiger partial charge in [-0.3, -0.25) is 4.79 Å². The maximum Gasteiger partial charge on any atom is 0.226 e. The van der Waals surface area contributed by atoms with Crippen molar-refractivity contribution in [1.29, 1.82) is 0 Å². The van der Waals surface area contributed by atoms with Crippen molar-refractivity contribution < 1.29 is 4.79 Å². The highest BCUT2D eigenvalue weighted by atomic mass is 16.2. The Labute approximate surface area is 87.5 Å². The predicted molar refractivity (Wildman–Crippen MR) is 59.1 cm³/mol. The van der Waals surface area contributed by atoms with E-state index in [1.165, 1.54) is 25.7 Å². The van der Waals surface area contributed by atoms with Crippen molar-refractivity contribution in [3.8, 4) is 0 Å². The first-order chi connectivity index (χ1) is 6.75. The van der Waals surface area contributed by atoms with E-state index in [9.17, 15) is 4.79 Å². The lowest BCUT2D eigenvalue weighted by Gasteiger charge is -2.29. The van der Waals surface area contributed by atoms with Gasteiger partial charge in [-0.25, -0.2) is 0 Å². The first-order valence-corrected chi connectivity index (χ1v) is 6.03. The minimum absolute atomic E-state index is 0.0352. The molecule has 14 heavy (non-hydrogen) atoms. The van der Waals surface area contributed by atoms with Gasteiger partial charge in [0.2, 0.25) is 5.91 Å². The van der Waals surface area contributed by atoms with Crippen molar-refractivity contribution in [3.05, 3.63) is 0 Å². The first-order valence-electron chi connectivity index (χ1n) is 6.03. The average molecular weight is 197 g/mol. The van der Waals surface area contributed by atoms with Crippen molar-refractivity contribution in [3.63, 3.8) is 0 Å². The monoisotopic (exact) mass is 197 g/mol. The lowest BCUT2D eigenvalue weighted by Crippen LogP contribution is -2.40. The molecule has 1 aliphatic carbocycles. The van der Waals surface area contributed by atoms with Gasteiger partial charge >= 0.3 is 0 Å². The molecular formula is C12H23NO. The van der Waals surface area contributed by atoms with Crippen molar-refractivity contribution in [2.24, 2.45) is 5.41 Å². The topological polar surface area (TPSA) is 29.1 Å². The summed E-state index contributed by atoms with van der Waals surface area (Å²) in [6.07, 6.45) is 8.25. The van der Waals surface area contributed by atoms with Crippen molar-refractivity contribution in [2.75, 3.05) is 6.54 Å². The highest BCUT2D eigenvalue weighted by Gasteiger charge is 2.35. The van der Waals surface area contributed by atoms with Gasteiger partial charge in [-0.05, 0) is 26.2 Å². The van der Waals surface area contributed by atoms with Crippen LogP contribution in [0.15, 0.2) is 0 Å². The molecule has 0 bridgehead atoms. The normalized spacial score (nSPS) is 21.3. The Hall–Kier alpha value is -0.530. The van der Waals surface area contributed by atoms with Gasteiger partial charge in [0.15, 0.2) is 0 Å². The average Bonchev–Trinajstić information content (AvgIpc) is 2.44. The number of carbonyl (C=O) groups is 1. The van der Waals surface area contributed by atoms with Crippen LogP contribution in [0, 0.1) is 5.41 Å². The van der Waals surface area contributed by atoms with Gasteiger partial charge in [0, 0.05) is 12.0 Å². The number of hydrogen-bond donors (Lipinski definition) is 1.